The third-order valence-corrected chi connectivity index (χ3v) is 4.54. The largest absolute Gasteiger partial charge is 0.302 e. The van der Waals surface area contributed by atoms with Gasteiger partial charge in [0.15, 0.2) is 5.16 Å². The zero-order valence-corrected chi connectivity index (χ0v) is 11.9. The summed E-state index contributed by atoms with van der Waals surface area (Å²) in [6.07, 6.45) is 5.00. The summed E-state index contributed by atoms with van der Waals surface area (Å²) in [5.74, 6) is 1.81. The molecule has 0 N–H and O–H groups in total. The van der Waals surface area contributed by atoms with E-state index >= 15 is 0 Å². The van der Waals surface area contributed by atoms with Crippen LogP contribution in [-0.4, -0.2) is 19.7 Å². The first-order chi connectivity index (χ1) is 9.31. The first-order valence-corrected chi connectivity index (χ1v) is 7.76. The fourth-order valence-corrected chi connectivity index (χ4v) is 3.31. The van der Waals surface area contributed by atoms with Crippen LogP contribution in [0.4, 0.5) is 0 Å². The normalized spacial score (nSPS) is 18.8. The van der Waals surface area contributed by atoms with Gasteiger partial charge >= 0.3 is 0 Å². The molecule has 0 atom stereocenters. The summed E-state index contributed by atoms with van der Waals surface area (Å²) in [5, 5.41) is 11.1. The van der Waals surface area contributed by atoms with E-state index in [1.165, 1.54) is 31.5 Å². The van der Waals surface area contributed by atoms with E-state index in [1.807, 2.05) is 12.1 Å². The molecule has 0 unspecified atom stereocenters. The summed E-state index contributed by atoms with van der Waals surface area (Å²) >= 11 is 7.48. The van der Waals surface area contributed by atoms with E-state index in [0.29, 0.717) is 17.1 Å². The monoisotopic (exact) mass is 292 g/mol. The molecule has 0 amide bonds. The van der Waals surface area contributed by atoms with Crippen molar-refractivity contribution in [2.45, 2.75) is 47.8 Å². The van der Waals surface area contributed by atoms with Gasteiger partial charge in [-0.3, -0.25) is 0 Å². The highest BCUT2D eigenvalue weighted by Crippen LogP contribution is 2.46. The highest BCUT2D eigenvalue weighted by Gasteiger charge is 2.36. The fraction of sp³-hybridized carbons (Fsp3) is 0.462. The smallest absolute Gasteiger partial charge is 0.197 e. The molecule has 2 heterocycles. The number of nitrogens with zero attached hydrogens (tertiary/aromatic N) is 4. The maximum absolute atomic E-state index is 5.92. The average Bonchev–Trinajstić information content (AvgIpc) is 3.30. The Hall–Kier alpha value is -1.07. The Kier molecular flexibility index (Phi) is 2.77. The number of aromatic nitrogens is 4. The number of hydrogen-bond donors (Lipinski definition) is 0. The third-order valence-electron chi connectivity index (χ3n) is 3.43. The van der Waals surface area contributed by atoms with Gasteiger partial charge in [-0.15, -0.1) is 10.2 Å². The Bertz CT molecular complexity index is 619. The quantitative estimate of drug-likeness (QED) is 0.806. The van der Waals surface area contributed by atoms with E-state index < -0.39 is 0 Å². The van der Waals surface area contributed by atoms with E-state index in [2.05, 4.69) is 19.7 Å². The summed E-state index contributed by atoms with van der Waals surface area (Å²) in [6, 6.07) is 6.26. The molecule has 2 fully saturated rings. The molecule has 98 valence electrons. The molecule has 0 saturated heterocycles. The predicted octanol–water partition coefficient (Wildman–Crippen LogP) is 3.69. The molecule has 2 saturated carbocycles. The SMILES string of the molecule is Clc1cccc(Sc2nnc(C3CC3)n2C2CC2)n1. The summed E-state index contributed by atoms with van der Waals surface area (Å²) in [5.41, 5.74) is 0. The maximum Gasteiger partial charge on any atom is 0.197 e. The molecule has 0 aromatic carbocycles. The minimum Gasteiger partial charge on any atom is -0.302 e. The lowest BCUT2D eigenvalue weighted by molar-refractivity contribution is 0.626. The first kappa shape index (κ1) is 11.7. The molecule has 0 aliphatic heterocycles. The van der Waals surface area contributed by atoms with Crippen molar-refractivity contribution in [3.63, 3.8) is 0 Å². The summed E-state index contributed by atoms with van der Waals surface area (Å²) in [7, 11) is 0. The van der Waals surface area contributed by atoms with Gasteiger partial charge in [-0.05, 0) is 49.6 Å². The van der Waals surface area contributed by atoms with Crippen LogP contribution in [0.3, 0.4) is 0 Å². The average molecular weight is 293 g/mol. The molecule has 0 bridgehead atoms. The minimum atomic E-state index is 0.518. The van der Waals surface area contributed by atoms with Gasteiger partial charge in [0.2, 0.25) is 0 Å². The van der Waals surface area contributed by atoms with Gasteiger partial charge in [0.25, 0.3) is 0 Å². The number of rotatable bonds is 4. The Labute approximate surface area is 120 Å². The van der Waals surface area contributed by atoms with E-state index in [1.54, 1.807) is 17.8 Å². The molecule has 19 heavy (non-hydrogen) atoms. The van der Waals surface area contributed by atoms with Crippen molar-refractivity contribution in [2.24, 2.45) is 0 Å². The zero-order valence-electron chi connectivity index (χ0n) is 10.3. The predicted molar refractivity (Wildman–Crippen MR) is 73.6 cm³/mol. The van der Waals surface area contributed by atoms with Gasteiger partial charge in [0, 0.05) is 12.0 Å². The number of hydrogen-bond acceptors (Lipinski definition) is 4. The summed E-state index contributed by atoms with van der Waals surface area (Å²) in [4.78, 5) is 4.31. The molecule has 2 aromatic rings. The lowest BCUT2D eigenvalue weighted by atomic mass is 10.4. The Morgan fingerprint density at radius 2 is 2.00 bits per heavy atom. The molecule has 4 nitrogen and oxygen atoms in total. The van der Waals surface area contributed by atoms with E-state index in [0.717, 1.165) is 10.2 Å². The van der Waals surface area contributed by atoms with Crippen LogP contribution in [0.1, 0.15) is 43.5 Å². The van der Waals surface area contributed by atoms with Crippen LogP contribution < -0.4 is 0 Å². The molecule has 0 radical (unpaired) electrons. The number of halogens is 1. The molecule has 6 heteroatoms. The van der Waals surface area contributed by atoms with Crippen molar-refractivity contribution in [2.75, 3.05) is 0 Å². The standard InChI is InChI=1S/C13H13ClN4S/c14-10-2-1-3-11(15-10)19-13-17-16-12(8-4-5-8)18(13)9-6-7-9/h1-3,8-9H,4-7H2. The molecule has 4 rings (SSSR count). The van der Waals surface area contributed by atoms with Gasteiger partial charge < -0.3 is 4.57 Å². The third kappa shape index (κ3) is 2.37. The van der Waals surface area contributed by atoms with E-state index in [-0.39, 0.29) is 0 Å². The van der Waals surface area contributed by atoms with Crippen molar-refractivity contribution >= 4 is 23.4 Å². The molecular weight excluding hydrogens is 280 g/mol. The van der Waals surface area contributed by atoms with Gasteiger partial charge in [-0.25, -0.2) is 4.98 Å². The van der Waals surface area contributed by atoms with E-state index in [4.69, 9.17) is 11.6 Å². The van der Waals surface area contributed by atoms with Crippen LogP contribution in [0.2, 0.25) is 5.15 Å². The molecular formula is C13H13ClN4S. The van der Waals surface area contributed by atoms with Crippen LogP contribution in [0.25, 0.3) is 0 Å². The lowest BCUT2D eigenvalue weighted by Gasteiger charge is -2.07. The van der Waals surface area contributed by atoms with Gasteiger partial charge in [-0.2, -0.15) is 0 Å². The summed E-state index contributed by atoms with van der Waals surface area (Å²) in [6.45, 7) is 0. The second-order valence-electron chi connectivity index (χ2n) is 5.12. The second-order valence-corrected chi connectivity index (χ2v) is 6.49. The van der Waals surface area contributed by atoms with Crippen LogP contribution in [-0.2, 0) is 0 Å². The van der Waals surface area contributed by atoms with Crippen LogP contribution in [0, 0.1) is 0 Å². The van der Waals surface area contributed by atoms with Crippen LogP contribution in [0.5, 0.6) is 0 Å². The molecule has 2 aliphatic rings. The zero-order chi connectivity index (χ0) is 12.8. The van der Waals surface area contributed by atoms with Gasteiger partial charge in [0.1, 0.15) is 16.0 Å². The molecule has 2 aromatic heterocycles. The Balaban J connectivity index is 1.67. The molecule has 2 aliphatic carbocycles. The summed E-state index contributed by atoms with van der Waals surface area (Å²) < 4.78 is 2.32. The lowest BCUT2D eigenvalue weighted by Crippen LogP contribution is -2.01. The second kappa shape index (κ2) is 4.49. The van der Waals surface area contributed by atoms with Crippen molar-refractivity contribution < 1.29 is 0 Å². The first-order valence-electron chi connectivity index (χ1n) is 6.56. The fourth-order valence-electron chi connectivity index (χ4n) is 2.19. The van der Waals surface area contributed by atoms with Gasteiger partial charge in [-0.1, -0.05) is 17.7 Å². The van der Waals surface area contributed by atoms with Crippen LogP contribution >= 0.6 is 23.4 Å². The minimum absolute atomic E-state index is 0.518. The maximum atomic E-state index is 5.92. The van der Waals surface area contributed by atoms with Crippen molar-refractivity contribution in [1.29, 1.82) is 0 Å². The van der Waals surface area contributed by atoms with Crippen molar-refractivity contribution in [1.82, 2.24) is 19.7 Å². The van der Waals surface area contributed by atoms with Crippen LogP contribution in [0.15, 0.2) is 28.4 Å². The highest BCUT2D eigenvalue weighted by atomic mass is 35.5. The Morgan fingerprint density at radius 3 is 2.68 bits per heavy atom. The van der Waals surface area contributed by atoms with E-state index in [9.17, 15) is 0 Å². The van der Waals surface area contributed by atoms with Crippen molar-refractivity contribution in [3.8, 4) is 0 Å². The molecule has 0 spiro atoms. The van der Waals surface area contributed by atoms with Gasteiger partial charge in [0.05, 0.1) is 0 Å². The van der Waals surface area contributed by atoms with Crippen molar-refractivity contribution in [3.05, 3.63) is 29.2 Å². The topological polar surface area (TPSA) is 43.6 Å². The highest BCUT2D eigenvalue weighted by molar-refractivity contribution is 7.99. The Morgan fingerprint density at radius 1 is 1.16 bits per heavy atom. The number of pyridine rings is 1.